The summed E-state index contributed by atoms with van der Waals surface area (Å²) in [5, 5.41) is 3.57. The number of rotatable bonds is 5. The molecule has 0 radical (unpaired) electrons. The van der Waals surface area contributed by atoms with Gasteiger partial charge in [0.05, 0.1) is 10.6 Å². The van der Waals surface area contributed by atoms with E-state index < -0.39 is 0 Å². The highest BCUT2D eigenvalue weighted by atomic mass is 35.5. The third kappa shape index (κ3) is 4.10. The van der Waals surface area contributed by atoms with Gasteiger partial charge in [-0.25, -0.2) is 4.98 Å². The number of carbonyl (C=O) groups is 1. The molecule has 0 bridgehead atoms. The SMILES string of the molecule is CN(C)C(=O)c1cccnc1Nc1ccc(Oc2ccncc2)c(Cl)c1. The molecule has 0 saturated heterocycles. The molecular weight excluding hydrogens is 352 g/mol. The van der Waals surface area contributed by atoms with Gasteiger partial charge in [-0.05, 0) is 42.5 Å². The topological polar surface area (TPSA) is 67.4 Å². The summed E-state index contributed by atoms with van der Waals surface area (Å²) < 4.78 is 5.73. The highest BCUT2D eigenvalue weighted by Crippen LogP contribution is 2.32. The molecule has 0 aliphatic rings. The second-order valence-electron chi connectivity index (χ2n) is 5.65. The number of nitrogens with zero attached hydrogens (tertiary/aromatic N) is 3. The van der Waals surface area contributed by atoms with Crippen molar-refractivity contribution in [2.45, 2.75) is 0 Å². The van der Waals surface area contributed by atoms with Crippen molar-refractivity contribution < 1.29 is 9.53 Å². The van der Waals surface area contributed by atoms with E-state index in [-0.39, 0.29) is 5.91 Å². The summed E-state index contributed by atoms with van der Waals surface area (Å²) in [4.78, 5) is 22.0. The van der Waals surface area contributed by atoms with E-state index in [1.807, 2.05) is 0 Å². The van der Waals surface area contributed by atoms with E-state index in [1.165, 1.54) is 4.90 Å². The maximum Gasteiger partial charge on any atom is 0.257 e. The van der Waals surface area contributed by atoms with Gasteiger partial charge in [-0.2, -0.15) is 0 Å². The minimum absolute atomic E-state index is 0.135. The number of pyridine rings is 2. The fraction of sp³-hybridized carbons (Fsp3) is 0.105. The van der Waals surface area contributed by atoms with Crippen LogP contribution in [0.4, 0.5) is 11.5 Å². The van der Waals surface area contributed by atoms with Crippen molar-refractivity contribution in [3.63, 3.8) is 0 Å². The molecule has 26 heavy (non-hydrogen) atoms. The Bertz CT molecular complexity index is 916. The molecule has 2 aromatic heterocycles. The number of amides is 1. The monoisotopic (exact) mass is 368 g/mol. The predicted octanol–water partition coefficient (Wildman–Crippen LogP) is 4.37. The Labute approximate surface area is 156 Å². The lowest BCUT2D eigenvalue weighted by Crippen LogP contribution is -2.22. The molecule has 2 heterocycles. The molecule has 0 aliphatic carbocycles. The number of ether oxygens (including phenoxy) is 1. The zero-order valence-electron chi connectivity index (χ0n) is 14.3. The first-order chi connectivity index (χ1) is 12.5. The first-order valence-electron chi connectivity index (χ1n) is 7.85. The Balaban J connectivity index is 1.82. The van der Waals surface area contributed by atoms with Gasteiger partial charge in [0.1, 0.15) is 17.3 Å². The van der Waals surface area contributed by atoms with Gasteiger partial charge in [0.15, 0.2) is 0 Å². The maximum atomic E-state index is 12.3. The smallest absolute Gasteiger partial charge is 0.257 e. The number of aromatic nitrogens is 2. The van der Waals surface area contributed by atoms with Crippen LogP contribution in [-0.2, 0) is 0 Å². The number of benzene rings is 1. The molecule has 1 amide bonds. The Morgan fingerprint density at radius 1 is 1.12 bits per heavy atom. The maximum absolute atomic E-state index is 12.3. The minimum atomic E-state index is -0.135. The Kier molecular flexibility index (Phi) is 5.34. The summed E-state index contributed by atoms with van der Waals surface area (Å²) in [6.45, 7) is 0. The van der Waals surface area contributed by atoms with Gasteiger partial charge in [-0.1, -0.05) is 11.6 Å². The highest BCUT2D eigenvalue weighted by molar-refractivity contribution is 6.32. The molecule has 0 unspecified atom stereocenters. The zero-order chi connectivity index (χ0) is 18.5. The summed E-state index contributed by atoms with van der Waals surface area (Å²) in [6.07, 6.45) is 4.91. The molecule has 1 N–H and O–H groups in total. The lowest BCUT2D eigenvalue weighted by molar-refractivity contribution is 0.0828. The second kappa shape index (κ2) is 7.84. The molecule has 0 saturated carbocycles. The van der Waals surface area contributed by atoms with Gasteiger partial charge in [0, 0.05) is 38.4 Å². The van der Waals surface area contributed by atoms with E-state index in [0.29, 0.717) is 33.6 Å². The van der Waals surface area contributed by atoms with Crippen LogP contribution in [0.1, 0.15) is 10.4 Å². The number of nitrogens with one attached hydrogen (secondary N) is 1. The first-order valence-corrected chi connectivity index (χ1v) is 8.23. The van der Waals surface area contributed by atoms with Crippen LogP contribution in [0.3, 0.4) is 0 Å². The summed E-state index contributed by atoms with van der Waals surface area (Å²) in [7, 11) is 3.39. The van der Waals surface area contributed by atoms with Crippen LogP contribution in [-0.4, -0.2) is 34.9 Å². The molecule has 3 rings (SSSR count). The van der Waals surface area contributed by atoms with Crippen molar-refractivity contribution in [1.82, 2.24) is 14.9 Å². The largest absolute Gasteiger partial charge is 0.456 e. The molecule has 132 valence electrons. The standard InChI is InChI=1S/C19H17ClN4O2/c1-24(2)19(25)15-4-3-9-22-18(15)23-13-5-6-17(16(20)12-13)26-14-7-10-21-11-8-14/h3-12H,1-2H3,(H,22,23). The second-order valence-corrected chi connectivity index (χ2v) is 6.06. The average Bonchev–Trinajstić information content (AvgIpc) is 2.64. The van der Waals surface area contributed by atoms with E-state index >= 15 is 0 Å². The molecule has 0 aliphatic heterocycles. The fourth-order valence-electron chi connectivity index (χ4n) is 2.25. The molecule has 3 aromatic rings. The van der Waals surface area contributed by atoms with Crippen molar-refractivity contribution in [3.05, 3.63) is 71.6 Å². The zero-order valence-corrected chi connectivity index (χ0v) is 15.1. The van der Waals surface area contributed by atoms with E-state index in [4.69, 9.17) is 16.3 Å². The lowest BCUT2D eigenvalue weighted by Gasteiger charge is -2.15. The minimum Gasteiger partial charge on any atom is -0.456 e. The van der Waals surface area contributed by atoms with Crippen LogP contribution < -0.4 is 10.1 Å². The molecular formula is C19H17ClN4O2. The molecule has 0 spiro atoms. The number of anilines is 2. The van der Waals surface area contributed by atoms with Gasteiger partial charge in [0.25, 0.3) is 5.91 Å². The fourth-order valence-corrected chi connectivity index (χ4v) is 2.47. The van der Waals surface area contributed by atoms with Crippen LogP contribution in [0.5, 0.6) is 11.5 Å². The van der Waals surface area contributed by atoms with Crippen molar-refractivity contribution in [2.24, 2.45) is 0 Å². The quantitative estimate of drug-likeness (QED) is 0.724. The van der Waals surface area contributed by atoms with Gasteiger partial charge in [0.2, 0.25) is 0 Å². The molecule has 1 aromatic carbocycles. The van der Waals surface area contributed by atoms with Crippen molar-refractivity contribution in [1.29, 1.82) is 0 Å². The first kappa shape index (κ1) is 17.7. The number of hydrogen-bond acceptors (Lipinski definition) is 5. The summed E-state index contributed by atoms with van der Waals surface area (Å²) in [6, 6.07) is 12.2. The van der Waals surface area contributed by atoms with E-state index in [0.717, 1.165) is 0 Å². The third-order valence-corrected chi connectivity index (χ3v) is 3.81. The van der Waals surface area contributed by atoms with Crippen LogP contribution in [0, 0.1) is 0 Å². The molecule has 7 heteroatoms. The van der Waals surface area contributed by atoms with Gasteiger partial charge < -0.3 is 15.0 Å². The van der Waals surface area contributed by atoms with Crippen LogP contribution in [0.25, 0.3) is 0 Å². The van der Waals surface area contributed by atoms with Crippen molar-refractivity contribution in [3.8, 4) is 11.5 Å². The highest BCUT2D eigenvalue weighted by Gasteiger charge is 2.14. The van der Waals surface area contributed by atoms with Gasteiger partial charge >= 0.3 is 0 Å². The molecule has 0 fully saturated rings. The molecule has 0 atom stereocenters. The van der Waals surface area contributed by atoms with Crippen LogP contribution in [0.15, 0.2) is 61.1 Å². The number of halogens is 1. The number of carbonyl (C=O) groups excluding carboxylic acids is 1. The Hall–Kier alpha value is -3.12. The normalized spacial score (nSPS) is 10.3. The predicted molar refractivity (Wildman–Crippen MR) is 101 cm³/mol. The van der Waals surface area contributed by atoms with Crippen LogP contribution in [0.2, 0.25) is 5.02 Å². The third-order valence-electron chi connectivity index (χ3n) is 3.52. The average molecular weight is 369 g/mol. The van der Waals surface area contributed by atoms with E-state index in [9.17, 15) is 4.79 Å². The van der Waals surface area contributed by atoms with Crippen molar-refractivity contribution in [2.75, 3.05) is 19.4 Å². The Morgan fingerprint density at radius 3 is 2.58 bits per heavy atom. The summed E-state index contributed by atoms with van der Waals surface area (Å²) >= 11 is 6.32. The van der Waals surface area contributed by atoms with Gasteiger partial charge in [-0.3, -0.25) is 9.78 Å². The van der Waals surface area contributed by atoms with Gasteiger partial charge in [-0.15, -0.1) is 0 Å². The number of hydrogen-bond donors (Lipinski definition) is 1. The van der Waals surface area contributed by atoms with E-state index in [1.54, 1.807) is 75.2 Å². The lowest BCUT2D eigenvalue weighted by atomic mass is 10.2. The van der Waals surface area contributed by atoms with Crippen molar-refractivity contribution >= 4 is 29.0 Å². The summed E-state index contributed by atoms with van der Waals surface area (Å²) in [5.41, 5.74) is 1.18. The summed E-state index contributed by atoms with van der Waals surface area (Å²) in [5.74, 6) is 1.50. The molecule has 6 nitrogen and oxygen atoms in total. The Morgan fingerprint density at radius 2 is 1.88 bits per heavy atom. The van der Waals surface area contributed by atoms with Crippen LogP contribution >= 0.6 is 11.6 Å². The van der Waals surface area contributed by atoms with E-state index in [2.05, 4.69) is 15.3 Å².